The van der Waals surface area contributed by atoms with Crippen LogP contribution in [-0.4, -0.2) is 44.6 Å². The molecule has 0 aromatic heterocycles. The largest absolute Gasteiger partial charge is 0.507 e. The van der Waals surface area contributed by atoms with E-state index in [-0.39, 0.29) is 18.0 Å². The minimum absolute atomic E-state index is 0.00533. The minimum atomic E-state index is -1.82. The summed E-state index contributed by atoms with van der Waals surface area (Å²) < 4.78 is 0. The monoisotopic (exact) mass is 323 g/mol. The molecule has 0 aliphatic heterocycles. The third kappa shape index (κ3) is 4.24. The number of amides is 1. The van der Waals surface area contributed by atoms with Gasteiger partial charge in [-0.2, -0.15) is 0 Å². The molecule has 2 unspecified atom stereocenters. The first-order chi connectivity index (χ1) is 10.5. The molecule has 0 spiro atoms. The maximum Gasteiger partial charge on any atom is 0.255 e. The van der Waals surface area contributed by atoms with Gasteiger partial charge in [0.05, 0.1) is 6.10 Å². The standard InChI is InChI=1S/C17H25NO5/c1-9(19)8-18-16(22)17(5,23)7-6-13-12(4)14(20)10(2)11(3)15(13)21/h6-7,9,19-21,23H,8H2,1-5H3,(H,18,22). The number of aliphatic hydroxyl groups excluding tert-OH is 1. The second kappa shape index (κ2) is 7.02. The van der Waals surface area contributed by atoms with Gasteiger partial charge in [-0.1, -0.05) is 6.08 Å². The van der Waals surface area contributed by atoms with E-state index in [1.165, 1.54) is 26.0 Å². The average molecular weight is 323 g/mol. The highest BCUT2D eigenvalue weighted by atomic mass is 16.3. The first kappa shape index (κ1) is 19.0. The lowest BCUT2D eigenvalue weighted by molar-refractivity contribution is -0.134. The van der Waals surface area contributed by atoms with E-state index in [9.17, 15) is 20.1 Å². The molecule has 6 heteroatoms. The molecule has 0 heterocycles. The van der Waals surface area contributed by atoms with Gasteiger partial charge in [0.25, 0.3) is 5.91 Å². The number of benzene rings is 1. The Bertz CT molecular complexity index is 603. The maximum atomic E-state index is 11.9. The molecule has 0 saturated heterocycles. The van der Waals surface area contributed by atoms with Crippen molar-refractivity contribution >= 4 is 12.0 Å². The molecule has 1 amide bonds. The number of rotatable bonds is 5. The fourth-order valence-electron chi connectivity index (χ4n) is 2.09. The molecule has 2 atom stereocenters. The lowest BCUT2D eigenvalue weighted by Crippen LogP contribution is -2.45. The summed E-state index contributed by atoms with van der Waals surface area (Å²) in [5, 5.41) is 42.1. The van der Waals surface area contributed by atoms with Gasteiger partial charge < -0.3 is 25.7 Å². The molecule has 1 aromatic rings. The van der Waals surface area contributed by atoms with Crippen LogP contribution in [-0.2, 0) is 4.79 Å². The number of phenols is 2. The van der Waals surface area contributed by atoms with Gasteiger partial charge in [0.15, 0.2) is 5.60 Å². The summed E-state index contributed by atoms with van der Waals surface area (Å²) in [6, 6.07) is 0. The Kier molecular flexibility index (Phi) is 5.80. The Labute approximate surface area is 136 Å². The smallest absolute Gasteiger partial charge is 0.255 e. The van der Waals surface area contributed by atoms with Crippen LogP contribution in [0.25, 0.3) is 6.08 Å². The van der Waals surface area contributed by atoms with E-state index in [2.05, 4.69) is 5.32 Å². The molecule has 0 aliphatic rings. The van der Waals surface area contributed by atoms with Crippen molar-refractivity contribution in [3.63, 3.8) is 0 Å². The number of carbonyl (C=O) groups is 1. The third-order valence-electron chi connectivity index (χ3n) is 3.88. The first-order valence-corrected chi connectivity index (χ1v) is 7.38. The average Bonchev–Trinajstić information content (AvgIpc) is 2.48. The highest BCUT2D eigenvalue weighted by molar-refractivity contribution is 5.88. The fraction of sp³-hybridized carbons (Fsp3) is 0.471. The van der Waals surface area contributed by atoms with Gasteiger partial charge in [0.1, 0.15) is 11.5 Å². The second-order valence-corrected chi connectivity index (χ2v) is 6.03. The Morgan fingerprint density at radius 1 is 1.17 bits per heavy atom. The highest BCUT2D eigenvalue weighted by Crippen LogP contribution is 2.37. The number of hydrogen-bond donors (Lipinski definition) is 5. The zero-order valence-electron chi connectivity index (χ0n) is 14.1. The zero-order valence-corrected chi connectivity index (χ0v) is 14.1. The van der Waals surface area contributed by atoms with Crippen molar-refractivity contribution in [2.45, 2.75) is 46.3 Å². The number of hydrogen-bond acceptors (Lipinski definition) is 5. The lowest BCUT2D eigenvalue weighted by Gasteiger charge is -2.20. The number of nitrogens with one attached hydrogen (secondary N) is 1. The van der Waals surface area contributed by atoms with Crippen LogP contribution in [0.5, 0.6) is 11.5 Å². The number of carbonyl (C=O) groups excluding carboxylic acids is 1. The summed E-state index contributed by atoms with van der Waals surface area (Å²) >= 11 is 0. The van der Waals surface area contributed by atoms with Crippen molar-refractivity contribution in [3.05, 3.63) is 28.3 Å². The maximum absolute atomic E-state index is 11.9. The molecule has 0 bridgehead atoms. The quantitative estimate of drug-likeness (QED) is 0.524. The van der Waals surface area contributed by atoms with Gasteiger partial charge in [0.2, 0.25) is 0 Å². The summed E-state index contributed by atoms with van der Waals surface area (Å²) in [5.41, 5.74) is 0.100. The Morgan fingerprint density at radius 2 is 1.70 bits per heavy atom. The van der Waals surface area contributed by atoms with E-state index in [1.807, 2.05) is 0 Å². The Hall–Kier alpha value is -2.05. The van der Waals surface area contributed by atoms with E-state index >= 15 is 0 Å². The number of aromatic hydroxyl groups is 2. The van der Waals surface area contributed by atoms with Crippen LogP contribution in [0.2, 0.25) is 0 Å². The van der Waals surface area contributed by atoms with Crippen molar-refractivity contribution in [1.82, 2.24) is 5.32 Å². The van der Waals surface area contributed by atoms with Crippen molar-refractivity contribution in [3.8, 4) is 11.5 Å². The van der Waals surface area contributed by atoms with E-state index in [1.54, 1.807) is 20.8 Å². The molecule has 6 nitrogen and oxygen atoms in total. The highest BCUT2D eigenvalue weighted by Gasteiger charge is 2.27. The Balaban J connectivity index is 3.12. The fourth-order valence-corrected chi connectivity index (χ4v) is 2.09. The number of phenolic OH excluding ortho intramolecular Hbond substituents is 2. The molecular formula is C17H25NO5. The second-order valence-electron chi connectivity index (χ2n) is 6.03. The molecule has 5 N–H and O–H groups in total. The SMILES string of the molecule is Cc1c(C)c(O)c(C=CC(C)(O)C(=O)NCC(C)O)c(C)c1O. The molecule has 0 fully saturated rings. The molecular weight excluding hydrogens is 298 g/mol. The Morgan fingerprint density at radius 3 is 2.22 bits per heavy atom. The normalized spacial score (nSPS) is 15.4. The summed E-state index contributed by atoms with van der Waals surface area (Å²) in [4.78, 5) is 11.9. The zero-order chi connectivity index (χ0) is 17.9. The van der Waals surface area contributed by atoms with Crippen LogP contribution in [0, 0.1) is 20.8 Å². The molecule has 23 heavy (non-hydrogen) atoms. The lowest BCUT2D eigenvalue weighted by atomic mass is 9.95. The molecule has 0 aliphatic carbocycles. The summed E-state index contributed by atoms with van der Waals surface area (Å²) in [6.45, 7) is 7.86. The van der Waals surface area contributed by atoms with Crippen LogP contribution in [0.1, 0.15) is 36.1 Å². The molecule has 0 radical (unpaired) electrons. The van der Waals surface area contributed by atoms with E-state index in [4.69, 9.17) is 5.11 Å². The topological polar surface area (TPSA) is 110 Å². The van der Waals surface area contributed by atoms with Crippen molar-refractivity contribution in [2.24, 2.45) is 0 Å². The van der Waals surface area contributed by atoms with E-state index in [0.717, 1.165) is 0 Å². The summed E-state index contributed by atoms with van der Waals surface area (Å²) in [7, 11) is 0. The molecule has 1 rings (SSSR count). The molecule has 128 valence electrons. The van der Waals surface area contributed by atoms with Crippen LogP contribution >= 0.6 is 0 Å². The predicted molar refractivity (Wildman–Crippen MR) is 88.3 cm³/mol. The van der Waals surface area contributed by atoms with Crippen molar-refractivity contribution in [1.29, 1.82) is 0 Å². The summed E-state index contributed by atoms with van der Waals surface area (Å²) in [6.07, 6.45) is 1.92. The van der Waals surface area contributed by atoms with E-state index in [0.29, 0.717) is 22.3 Å². The minimum Gasteiger partial charge on any atom is -0.507 e. The van der Waals surface area contributed by atoms with Crippen molar-refractivity contribution in [2.75, 3.05) is 6.54 Å². The van der Waals surface area contributed by atoms with Crippen LogP contribution in [0.3, 0.4) is 0 Å². The van der Waals surface area contributed by atoms with Crippen LogP contribution in [0.15, 0.2) is 6.08 Å². The van der Waals surface area contributed by atoms with Gasteiger partial charge >= 0.3 is 0 Å². The predicted octanol–water partition coefficient (Wildman–Crippen LogP) is 1.28. The van der Waals surface area contributed by atoms with Gasteiger partial charge in [-0.25, -0.2) is 0 Å². The van der Waals surface area contributed by atoms with Crippen LogP contribution < -0.4 is 5.32 Å². The molecule has 0 saturated carbocycles. The van der Waals surface area contributed by atoms with Gasteiger partial charge in [-0.15, -0.1) is 0 Å². The van der Waals surface area contributed by atoms with Gasteiger partial charge in [-0.3, -0.25) is 4.79 Å². The van der Waals surface area contributed by atoms with Crippen LogP contribution in [0.4, 0.5) is 0 Å². The molecule has 1 aromatic carbocycles. The van der Waals surface area contributed by atoms with Crippen molar-refractivity contribution < 1.29 is 25.2 Å². The summed E-state index contributed by atoms with van der Waals surface area (Å²) in [5.74, 6) is -0.604. The first-order valence-electron chi connectivity index (χ1n) is 7.38. The van der Waals surface area contributed by atoms with E-state index < -0.39 is 17.6 Å². The van der Waals surface area contributed by atoms with Gasteiger partial charge in [-0.05, 0) is 51.8 Å². The number of aliphatic hydroxyl groups is 2. The van der Waals surface area contributed by atoms with Gasteiger partial charge in [0, 0.05) is 17.7 Å². The third-order valence-corrected chi connectivity index (χ3v) is 3.88.